The van der Waals surface area contributed by atoms with E-state index in [-0.39, 0.29) is 29.7 Å². The summed E-state index contributed by atoms with van der Waals surface area (Å²) in [6.07, 6.45) is 1.55. The number of non-ortho nitro benzene ring substituents is 1. The highest BCUT2D eigenvalue weighted by atomic mass is 28.3. The quantitative estimate of drug-likeness (QED) is 0.0825. The number of nitro groups is 1. The number of nitro benzene ring substituents is 1. The van der Waals surface area contributed by atoms with Crippen molar-refractivity contribution in [2.45, 2.75) is 96.0 Å². The summed E-state index contributed by atoms with van der Waals surface area (Å²) in [7, 11) is -1.70. The number of nitrogens with one attached hydrogen (secondary N) is 2. The maximum absolute atomic E-state index is 13.2. The van der Waals surface area contributed by atoms with Gasteiger partial charge in [0.2, 0.25) is 0 Å². The molecule has 0 radical (unpaired) electrons. The second-order valence-electron chi connectivity index (χ2n) is 14.2. The van der Waals surface area contributed by atoms with Crippen molar-refractivity contribution in [3.8, 4) is 11.5 Å². The summed E-state index contributed by atoms with van der Waals surface area (Å²) < 4.78 is 22.7. The van der Waals surface area contributed by atoms with E-state index in [1.54, 1.807) is 24.7 Å². The van der Waals surface area contributed by atoms with Crippen LogP contribution in [-0.2, 0) is 20.6 Å². The maximum atomic E-state index is 13.2. The van der Waals surface area contributed by atoms with Crippen LogP contribution in [0.3, 0.4) is 0 Å². The fourth-order valence-corrected chi connectivity index (χ4v) is 6.88. The minimum atomic E-state index is -1.70. The molecule has 5 heterocycles. The van der Waals surface area contributed by atoms with E-state index in [4.69, 9.17) is 14.2 Å². The molecular weight excluding hydrogens is 709 g/mol. The highest BCUT2D eigenvalue weighted by Gasteiger charge is 2.42. The van der Waals surface area contributed by atoms with Crippen LogP contribution < -0.4 is 22.5 Å². The molecule has 2 N–H and O–H groups in total. The van der Waals surface area contributed by atoms with Crippen molar-refractivity contribution < 1.29 is 23.9 Å². The summed E-state index contributed by atoms with van der Waals surface area (Å²) in [6, 6.07) is 4.56. The molecule has 2 aliphatic rings. The highest BCUT2D eigenvalue weighted by Crippen LogP contribution is 2.38. The van der Waals surface area contributed by atoms with Gasteiger partial charge >= 0.3 is 17.3 Å². The van der Waals surface area contributed by atoms with Gasteiger partial charge in [-0.1, -0.05) is 24.9 Å². The molecule has 4 aromatic rings. The third-order valence-electron chi connectivity index (χ3n) is 8.94. The van der Waals surface area contributed by atoms with Gasteiger partial charge in [-0.2, -0.15) is 0 Å². The molecular formula is C34H38N8O10Si. The first-order chi connectivity index (χ1) is 25.1. The van der Waals surface area contributed by atoms with Crippen LogP contribution in [0.25, 0.3) is 0 Å². The van der Waals surface area contributed by atoms with Gasteiger partial charge in [0, 0.05) is 67.5 Å². The van der Waals surface area contributed by atoms with Gasteiger partial charge in [-0.05, 0) is 26.0 Å². The zero-order chi connectivity index (χ0) is 38.2. The Morgan fingerprint density at radius 2 is 1.53 bits per heavy atom. The van der Waals surface area contributed by atoms with E-state index in [1.807, 2.05) is 0 Å². The standard InChI is InChI=1S/C34H38N8O10Si/c1-19-16-39(33(46)35-30(19)43)28-14-24(25(50-28)7-6-12-53(3,4)5)41-18-22(37-38-41)13-26-27(52-32(45)21-8-10-23(11-9-21)42(48)49)15-29(51-26)40-17-20(2)31(44)36-34(40)47/h8-11,16-18,24-29H,7,13-15H2,1-5H3,(H,35,43,46)(H,36,44,47)/t24-,25+,26+,27-,28+,29+/m0/s1. The van der Waals surface area contributed by atoms with E-state index in [2.05, 4.69) is 51.4 Å². The molecule has 0 amide bonds. The van der Waals surface area contributed by atoms with Crippen molar-refractivity contribution >= 4 is 19.7 Å². The molecule has 0 unspecified atom stereocenters. The summed E-state index contributed by atoms with van der Waals surface area (Å²) in [5.41, 5.74) is 2.01. The minimum absolute atomic E-state index is 0.0478. The summed E-state index contributed by atoms with van der Waals surface area (Å²) in [4.78, 5) is 77.9. The van der Waals surface area contributed by atoms with Crippen LogP contribution in [0.15, 0.2) is 62.0 Å². The van der Waals surface area contributed by atoms with Crippen molar-refractivity contribution in [1.29, 1.82) is 0 Å². The van der Waals surface area contributed by atoms with Crippen LogP contribution in [0.4, 0.5) is 5.69 Å². The lowest BCUT2D eigenvalue weighted by atomic mass is 10.1. The van der Waals surface area contributed by atoms with Gasteiger partial charge in [0.25, 0.3) is 16.8 Å². The first kappa shape index (κ1) is 37.1. The smallest absolute Gasteiger partial charge is 0.338 e. The zero-order valence-corrected chi connectivity index (χ0v) is 30.6. The van der Waals surface area contributed by atoms with Crippen LogP contribution in [-0.4, -0.2) is 71.4 Å². The molecule has 19 heteroatoms. The molecule has 278 valence electrons. The monoisotopic (exact) mass is 746 g/mol. The Kier molecular flexibility index (Phi) is 10.3. The number of carbonyl (C=O) groups is 1. The minimum Gasteiger partial charge on any atom is -0.456 e. The largest absolute Gasteiger partial charge is 0.456 e. The molecule has 0 saturated carbocycles. The van der Waals surface area contributed by atoms with Crippen molar-refractivity contribution in [3.63, 3.8) is 0 Å². The Morgan fingerprint density at radius 1 is 0.943 bits per heavy atom. The lowest BCUT2D eigenvalue weighted by molar-refractivity contribution is -0.384. The van der Waals surface area contributed by atoms with Crippen molar-refractivity contribution in [3.05, 3.63) is 117 Å². The second kappa shape index (κ2) is 14.7. The Bertz CT molecular complexity index is 2340. The second-order valence-corrected chi connectivity index (χ2v) is 18.9. The predicted molar refractivity (Wildman–Crippen MR) is 190 cm³/mol. The number of carbonyl (C=O) groups excluding carboxylic acids is 1. The molecule has 53 heavy (non-hydrogen) atoms. The number of hydrogen-bond donors (Lipinski definition) is 2. The number of rotatable bonds is 9. The van der Waals surface area contributed by atoms with Crippen molar-refractivity contribution in [2.75, 3.05) is 0 Å². The number of esters is 1. The number of nitrogens with zero attached hydrogens (tertiary/aromatic N) is 6. The van der Waals surface area contributed by atoms with Crippen LogP contribution >= 0.6 is 0 Å². The van der Waals surface area contributed by atoms with Crippen LogP contribution in [0.1, 0.15) is 64.9 Å². The summed E-state index contributed by atoms with van der Waals surface area (Å²) in [5.74, 6) is 2.49. The van der Waals surface area contributed by atoms with E-state index < -0.39 is 78.3 Å². The van der Waals surface area contributed by atoms with E-state index in [1.165, 1.54) is 45.8 Å². The lowest BCUT2D eigenvalue weighted by Gasteiger charge is -2.18. The fraction of sp³-hybridized carbons (Fsp3) is 0.441. The molecule has 18 nitrogen and oxygen atoms in total. The SMILES string of the molecule is Cc1cn([C@H]2C[C@H](OC(=O)c3ccc([N+](=O)[O-])cc3)[C@@H](Cc3cn([C@H]4C[C@H](n5cc(C)c(=O)[nH]c5=O)O[C@@H]4CC#C[Si](C)(C)C)nn3)O2)c(=O)[nH]c1=O. The zero-order valence-electron chi connectivity index (χ0n) is 29.6. The van der Waals surface area contributed by atoms with Gasteiger partial charge in [-0.3, -0.25) is 38.8 Å². The normalized spacial score (nSPS) is 22.7. The molecule has 0 bridgehead atoms. The topological polar surface area (TPSA) is 228 Å². The fourth-order valence-electron chi connectivity index (χ4n) is 6.24. The Labute approximate surface area is 301 Å². The summed E-state index contributed by atoms with van der Waals surface area (Å²) in [5, 5.41) is 19.9. The number of hydrogen-bond acceptors (Lipinski definition) is 12. The van der Waals surface area contributed by atoms with Gasteiger partial charge in [0.15, 0.2) is 0 Å². The van der Waals surface area contributed by atoms with E-state index in [9.17, 15) is 34.1 Å². The molecule has 0 aliphatic carbocycles. The molecule has 6 atom stereocenters. The molecule has 3 aromatic heterocycles. The Balaban J connectivity index is 1.26. The number of aromatic nitrogens is 7. The first-order valence-corrected chi connectivity index (χ1v) is 20.4. The first-order valence-electron chi connectivity index (χ1n) is 16.9. The molecule has 6 rings (SSSR count). The number of ether oxygens (including phenoxy) is 3. The van der Waals surface area contributed by atoms with Crippen LogP contribution in [0.2, 0.25) is 19.6 Å². The molecule has 2 aliphatic heterocycles. The molecule has 1 aromatic carbocycles. The highest BCUT2D eigenvalue weighted by molar-refractivity contribution is 6.83. The number of benzene rings is 1. The van der Waals surface area contributed by atoms with Crippen molar-refractivity contribution in [1.82, 2.24) is 34.1 Å². The van der Waals surface area contributed by atoms with Gasteiger partial charge in [0.05, 0.1) is 28.3 Å². The summed E-state index contributed by atoms with van der Waals surface area (Å²) in [6.45, 7) is 9.53. The van der Waals surface area contributed by atoms with E-state index in [0.717, 1.165) is 0 Å². The van der Waals surface area contributed by atoms with Crippen molar-refractivity contribution in [2.24, 2.45) is 0 Å². The maximum Gasteiger partial charge on any atom is 0.338 e. The van der Waals surface area contributed by atoms with Gasteiger partial charge in [-0.15, -0.1) is 16.6 Å². The Hall–Kier alpha value is -5.71. The molecule has 2 fully saturated rings. The van der Waals surface area contributed by atoms with Gasteiger partial charge < -0.3 is 14.2 Å². The molecule has 0 spiro atoms. The van der Waals surface area contributed by atoms with Crippen LogP contribution in [0.5, 0.6) is 0 Å². The lowest BCUT2D eigenvalue weighted by Crippen LogP contribution is -2.33. The average Bonchev–Trinajstić information content (AvgIpc) is 3.83. The third kappa shape index (κ3) is 8.35. The summed E-state index contributed by atoms with van der Waals surface area (Å²) >= 11 is 0. The number of aromatic amines is 2. The van der Waals surface area contributed by atoms with E-state index in [0.29, 0.717) is 24.1 Å². The third-order valence-corrected chi connectivity index (χ3v) is 9.87. The van der Waals surface area contributed by atoms with Crippen LogP contribution in [0, 0.1) is 35.4 Å². The molecule has 2 saturated heterocycles. The number of H-pyrrole nitrogens is 2. The van der Waals surface area contributed by atoms with Gasteiger partial charge in [0.1, 0.15) is 32.7 Å². The predicted octanol–water partition coefficient (Wildman–Crippen LogP) is 2.06. The number of aryl methyl sites for hydroxylation is 2. The van der Waals surface area contributed by atoms with E-state index >= 15 is 0 Å². The Morgan fingerprint density at radius 3 is 2.11 bits per heavy atom. The van der Waals surface area contributed by atoms with Gasteiger partial charge in [-0.25, -0.2) is 19.1 Å². The average molecular weight is 747 g/mol.